The van der Waals surface area contributed by atoms with Crippen molar-refractivity contribution in [3.63, 3.8) is 0 Å². The van der Waals surface area contributed by atoms with E-state index in [1.807, 2.05) is 31.2 Å². The van der Waals surface area contributed by atoms with Gasteiger partial charge in [0.25, 0.3) is 5.91 Å². The average molecular weight is 419 g/mol. The van der Waals surface area contributed by atoms with Gasteiger partial charge in [0.1, 0.15) is 5.75 Å². The number of nitrogens with one attached hydrogen (secondary N) is 3. The van der Waals surface area contributed by atoms with Crippen molar-refractivity contribution in [2.75, 3.05) is 13.2 Å². The molecule has 1 amide bonds. The molecule has 0 saturated carbocycles. The van der Waals surface area contributed by atoms with Crippen molar-refractivity contribution in [3.05, 3.63) is 82.2 Å². The zero-order chi connectivity index (χ0) is 21.5. The fourth-order valence-electron chi connectivity index (χ4n) is 3.85. The van der Waals surface area contributed by atoms with Crippen LogP contribution in [0.4, 0.5) is 0 Å². The zero-order valence-electron chi connectivity index (χ0n) is 18.0. The Hall–Kier alpha value is -3.12. The van der Waals surface area contributed by atoms with E-state index in [9.17, 15) is 4.79 Å². The molecule has 2 heterocycles. The fourth-order valence-corrected chi connectivity index (χ4v) is 3.85. The lowest BCUT2D eigenvalue weighted by Crippen LogP contribution is -2.23. The summed E-state index contributed by atoms with van der Waals surface area (Å²) < 4.78 is 6.10. The number of H-pyrrole nitrogens is 1. The summed E-state index contributed by atoms with van der Waals surface area (Å²) in [5, 5.41) is 13.5. The van der Waals surface area contributed by atoms with E-state index in [1.165, 1.54) is 11.1 Å². The molecule has 0 radical (unpaired) electrons. The average Bonchev–Trinajstić information content (AvgIpc) is 3.19. The smallest absolute Gasteiger partial charge is 0.251 e. The Morgan fingerprint density at radius 1 is 1.10 bits per heavy atom. The van der Waals surface area contributed by atoms with E-state index in [0.29, 0.717) is 18.7 Å². The number of ether oxygens (including phenoxy) is 1. The molecule has 162 valence electrons. The first-order chi connectivity index (χ1) is 15.2. The molecule has 0 spiro atoms. The molecule has 1 aliphatic rings. The maximum atomic E-state index is 12.7. The van der Waals surface area contributed by atoms with Gasteiger partial charge in [-0.1, -0.05) is 24.3 Å². The predicted molar refractivity (Wildman–Crippen MR) is 121 cm³/mol. The topological polar surface area (TPSA) is 79.0 Å². The van der Waals surface area contributed by atoms with Crippen LogP contribution in [0.25, 0.3) is 0 Å². The van der Waals surface area contributed by atoms with Crippen LogP contribution in [0.2, 0.25) is 0 Å². The maximum Gasteiger partial charge on any atom is 0.251 e. The molecule has 2 bridgehead atoms. The summed E-state index contributed by atoms with van der Waals surface area (Å²) in [7, 11) is 0. The van der Waals surface area contributed by atoms with Crippen LogP contribution in [-0.2, 0) is 19.5 Å². The number of aromatic nitrogens is 2. The molecule has 3 N–H and O–H groups in total. The van der Waals surface area contributed by atoms with Crippen LogP contribution in [0.3, 0.4) is 0 Å². The Morgan fingerprint density at radius 2 is 2.00 bits per heavy atom. The molecule has 3 aromatic rings. The number of carbonyl (C=O) groups is 1. The fraction of sp³-hybridized carbons (Fsp3) is 0.360. The summed E-state index contributed by atoms with van der Waals surface area (Å²) in [5.74, 6) is 0.751. The Morgan fingerprint density at radius 3 is 2.87 bits per heavy atom. The molecular weight excluding hydrogens is 388 g/mol. The minimum Gasteiger partial charge on any atom is -0.493 e. The minimum absolute atomic E-state index is 0.110. The number of aromatic amines is 1. The van der Waals surface area contributed by atoms with E-state index in [4.69, 9.17) is 4.74 Å². The highest BCUT2D eigenvalue weighted by Gasteiger charge is 2.13. The van der Waals surface area contributed by atoms with E-state index in [1.54, 1.807) is 0 Å². The normalized spacial score (nSPS) is 14.7. The van der Waals surface area contributed by atoms with Crippen molar-refractivity contribution in [3.8, 4) is 5.75 Å². The van der Waals surface area contributed by atoms with Gasteiger partial charge in [0.15, 0.2) is 0 Å². The largest absolute Gasteiger partial charge is 0.493 e. The van der Waals surface area contributed by atoms with Crippen molar-refractivity contribution >= 4 is 5.91 Å². The lowest BCUT2D eigenvalue weighted by Gasteiger charge is -2.15. The summed E-state index contributed by atoms with van der Waals surface area (Å²) in [6.07, 6.45) is 4.03. The molecular formula is C25H30N4O2. The molecule has 1 aliphatic heterocycles. The van der Waals surface area contributed by atoms with Gasteiger partial charge in [-0.3, -0.25) is 9.89 Å². The number of aryl methyl sites for hydroxylation is 1. The van der Waals surface area contributed by atoms with Gasteiger partial charge in [0.2, 0.25) is 0 Å². The number of nitrogens with zero attached hydrogens (tertiary/aromatic N) is 1. The van der Waals surface area contributed by atoms with Gasteiger partial charge in [-0.05, 0) is 73.7 Å². The molecule has 0 saturated heterocycles. The summed E-state index contributed by atoms with van der Waals surface area (Å²) in [6.45, 7) is 4.93. The van der Waals surface area contributed by atoms with E-state index < -0.39 is 0 Å². The van der Waals surface area contributed by atoms with Crippen LogP contribution in [0.1, 0.15) is 57.7 Å². The molecule has 0 unspecified atom stereocenters. The van der Waals surface area contributed by atoms with Crippen molar-refractivity contribution < 1.29 is 9.53 Å². The highest BCUT2D eigenvalue weighted by molar-refractivity contribution is 5.94. The van der Waals surface area contributed by atoms with Gasteiger partial charge in [0.05, 0.1) is 18.8 Å². The van der Waals surface area contributed by atoms with Crippen molar-refractivity contribution in [2.45, 2.75) is 45.7 Å². The highest BCUT2D eigenvalue weighted by Crippen LogP contribution is 2.25. The molecule has 4 rings (SSSR count). The molecule has 0 aliphatic carbocycles. The standard InChI is InChI=1S/C25H30N4O2/c1-18-12-23(29-28-18)17-27-25(30)21-8-9-24-22(15-21)14-19-6-5-7-20(13-19)16-26-10-3-2-4-11-31-24/h5-9,12-13,15,26H,2-4,10-11,14,16-17H2,1H3,(H,27,30)(H,28,29). The highest BCUT2D eigenvalue weighted by atomic mass is 16.5. The molecule has 31 heavy (non-hydrogen) atoms. The molecule has 2 aromatic carbocycles. The second kappa shape index (κ2) is 10.3. The molecule has 1 aromatic heterocycles. The summed E-state index contributed by atoms with van der Waals surface area (Å²) >= 11 is 0. The van der Waals surface area contributed by atoms with Crippen LogP contribution in [0, 0.1) is 6.92 Å². The van der Waals surface area contributed by atoms with E-state index in [-0.39, 0.29) is 5.91 Å². The molecule has 6 heteroatoms. The van der Waals surface area contributed by atoms with Crippen LogP contribution < -0.4 is 15.4 Å². The first kappa shape index (κ1) is 21.1. The minimum atomic E-state index is -0.110. The molecule has 6 nitrogen and oxygen atoms in total. The van der Waals surface area contributed by atoms with Crippen LogP contribution >= 0.6 is 0 Å². The SMILES string of the molecule is Cc1cc(CNC(=O)c2ccc3c(c2)Cc2cccc(c2)CNCCCCCO3)n[nH]1. The summed E-state index contributed by atoms with van der Waals surface area (Å²) in [4.78, 5) is 12.7. The monoisotopic (exact) mass is 418 g/mol. The second-order valence-electron chi connectivity index (χ2n) is 8.13. The van der Waals surface area contributed by atoms with Crippen LogP contribution in [-0.4, -0.2) is 29.3 Å². The Balaban J connectivity index is 1.54. The number of hydrogen-bond acceptors (Lipinski definition) is 4. The number of benzene rings is 2. The number of fused-ring (bicyclic) bond motifs is 3. The van der Waals surface area contributed by atoms with Gasteiger partial charge in [-0.2, -0.15) is 5.10 Å². The Bertz CT molecular complexity index is 1030. The number of carbonyl (C=O) groups excluding carboxylic acids is 1. The van der Waals surface area contributed by atoms with E-state index in [2.05, 4.69) is 45.1 Å². The van der Waals surface area contributed by atoms with Gasteiger partial charge >= 0.3 is 0 Å². The number of hydrogen-bond donors (Lipinski definition) is 3. The first-order valence-electron chi connectivity index (χ1n) is 11.0. The first-order valence-corrected chi connectivity index (χ1v) is 11.0. The van der Waals surface area contributed by atoms with Gasteiger partial charge < -0.3 is 15.4 Å². The predicted octanol–water partition coefficient (Wildman–Crippen LogP) is 3.89. The summed E-state index contributed by atoms with van der Waals surface area (Å²) in [6, 6.07) is 16.3. The Labute approximate surface area is 183 Å². The van der Waals surface area contributed by atoms with Crippen LogP contribution in [0.5, 0.6) is 5.75 Å². The quantitative estimate of drug-likeness (QED) is 0.603. The van der Waals surface area contributed by atoms with Crippen molar-refractivity contribution in [1.29, 1.82) is 0 Å². The van der Waals surface area contributed by atoms with Crippen molar-refractivity contribution in [2.24, 2.45) is 0 Å². The lowest BCUT2D eigenvalue weighted by molar-refractivity contribution is 0.0950. The van der Waals surface area contributed by atoms with Gasteiger partial charge in [0, 0.05) is 24.2 Å². The lowest BCUT2D eigenvalue weighted by atomic mass is 9.99. The molecule has 0 atom stereocenters. The third kappa shape index (κ3) is 5.95. The number of amides is 1. The van der Waals surface area contributed by atoms with Gasteiger partial charge in [-0.15, -0.1) is 0 Å². The van der Waals surface area contributed by atoms with E-state index in [0.717, 1.165) is 61.5 Å². The van der Waals surface area contributed by atoms with Crippen molar-refractivity contribution in [1.82, 2.24) is 20.8 Å². The summed E-state index contributed by atoms with van der Waals surface area (Å²) in [5.41, 5.74) is 5.95. The maximum absolute atomic E-state index is 12.7. The molecule has 0 fully saturated rings. The second-order valence-corrected chi connectivity index (χ2v) is 8.13. The third-order valence-electron chi connectivity index (χ3n) is 5.48. The number of rotatable bonds is 3. The van der Waals surface area contributed by atoms with Gasteiger partial charge in [-0.25, -0.2) is 0 Å². The third-order valence-corrected chi connectivity index (χ3v) is 5.48. The van der Waals surface area contributed by atoms with Crippen LogP contribution in [0.15, 0.2) is 48.5 Å². The zero-order valence-corrected chi connectivity index (χ0v) is 18.0. The van der Waals surface area contributed by atoms with E-state index >= 15 is 0 Å². The Kier molecular flexibility index (Phi) is 6.99.